The first kappa shape index (κ1) is 15.2. The van der Waals surface area contributed by atoms with Gasteiger partial charge in [0.2, 0.25) is 12.3 Å². The zero-order valence-corrected chi connectivity index (χ0v) is 14.7. The van der Waals surface area contributed by atoms with Crippen LogP contribution in [0.15, 0.2) is 72.4 Å². The van der Waals surface area contributed by atoms with E-state index in [0.717, 1.165) is 22.5 Å². The van der Waals surface area contributed by atoms with Gasteiger partial charge in [-0.15, -0.1) is 11.3 Å². The highest BCUT2D eigenvalue weighted by atomic mass is 32.1. The molecule has 0 fully saturated rings. The Morgan fingerprint density at radius 1 is 1.15 bits per heavy atom. The topological polar surface area (TPSA) is 49.6 Å². The maximum absolute atomic E-state index is 12.4. The van der Waals surface area contributed by atoms with Crippen LogP contribution in [0.2, 0.25) is 0 Å². The van der Waals surface area contributed by atoms with Gasteiger partial charge >= 0.3 is 0 Å². The molecule has 4 aromatic rings. The van der Waals surface area contributed by atoms with Gasteiger partial charge in [0, 0.05) is 22.2 Å². The van der Waals surface area contributed by atoms with Crippen LogP contribution in [0.3, 0.4) is 0 Å². The molecule has 0 bridgehead atoms. The van der Waals surface area contributed by atoms with Crippen molar-refractivity contribution in [3.8, 4) is 11.3 Å². The van der Waals surface area contributed by atoms with Crippen LogP contribution in [0.4, 0.5) is 0 Å². The molecule has 26 heavy (non-hydrogen) atoms. The molecule has 1 aliphatic carbocycles. The van der Waals surface area contributed by atoms with E-state index in [1.165, 1.54) is 10.4 Å². The van der Waals surface area contributed by atoms with Crippen molar-refractivity contribution in [1.82, 2.24) is 10.2 Å². The number of carbonyl (C=O) groups is 1. The number of nitrogens with zero attached hydrogens (tertiary/aromatic N) is 2. The van der Waals surface area contributed by atoms with Gasteiger partial charge in [-0.25, -0.2) is 0 Å². The quantitative estimate of drug-likeness (QED) is 0.384. The lowest BCUT2D eigenvalue weighted by atomic mass is 10.1. The summed E-state index contributed by atoms with van der Waals surface area (Å²) < 4.78 is 1.91. The average Bonchev–Trinajstić information content (AvgIpc) is 3.08. The first-order chi connectivity index (χ1) is 12.8. The zero-order valence-electron chi connectivity index (χ0n) is 13.9. The molecule has 0 saturated heterocycles. The highest BCUT2D eigenvalue weighted by Crippen LogP contribution is 2.51. The van der Waals surface area contributed by atoms with Crippen molar-refractivity contribution in [2.75, 3.05) is 0 Å². The number of benzene rings is 1. The second-order valence-electron chi connectivity index (χ2n) is 6.44. The summed E-state index contributed by atoms with van der Waals surface area (Å²) in [6, 6.07) is 17.6. The third kappa shape index (κ3) is 2.66. The van der Waals surface area contributed by atoms with E-state index in [1.807, 2.05) is 59.4 Å². The van der Waals surface area contributed by atoms with E-state index in [9.17, 15) is 4.79 Å². The fraction of sp³-hybridized carbons (Fsp3) is 0.0952. The van der Waals surface area contributed by atoms with Crippen molar-refractivity contribution in [3.63, 3.8) is 0 Å². The number of ketones is 1. The van der Waals surface area contributed by atoms with Crippen molar-refractivity contribution in [1.29, 1.82) is 0 Å². The van der Waals surface area contributed by atoms with Gasteiger partial charge in [0.25, 0.3) is 0 Å². The van der Waals surface area contributed by atoms with E-state index < -0.39 is 0 Å². The monoisotopic (exact) mass is 358 g/mol. The second kappa shape index (κ2) is 6.04. The number of pyridine rings is 1. The van der Waals surface area contributed by atoms with Crippen LogP contribution in [-0.2, 0) is 6.54 Å². The predicted octanol–water partition coefficient (Wildman–Crippen LogP) is 3.80. The number of aromatic amines is 1. The minimum atomic E-state index is 0.0953. The first-order valence-electron chi connectivity index (χ1n) is 8.50. The molecule has 4 nitrogen and oxygen atoms in total. The van der Waals surface area contributed by atoms with Gasteiger partial charge in [-0.3, -0.25) is 9.89 Å². The van der Waals surface area contributed by atoms with Crippen LogP contribution < -0.4 is 4.57 Å². The fourth-order valence-corrected chi connectivity index (χ4v) is 4.32. The highest BCUT2D eigenvalue weighted by Gasteiger charge is 2.37. The molecule has 126 valence electrons. The highest BCUT2D eigenvalue weighted by molar-refractivity contribution is 7.11. The molecule has 0 saturated carbocycles. The number of hydrogen-bond acceptors (Lipinski definition) is 3. The summed E-state index contributed by atoms with van der Waals surface area (Å²) in [7, 11) is 0. The molecular formula is C21H16N3OS+. The van der Waals surface area contributed by atoms with Gasteiger partial charge in [0.05, 0.1) is 17.2 Å². The Labute approximate surface area is 154 Å². The van der Waals surface area contributed by atoms with E-state index >= 15 is 0 Å². The van der Waals surface area contributed by atoms with E-state index in [0.29, 0.717) is 12.5 Å². The first-order valence-corrected chi connectivity index (χ1v) is 9.38. The Hall–Kier alpha value is -3.05. The maximum Gasteiger partial charge on any atom is 0.227 e. The van der Waals surface area contributed by atoms with Crippen LogP contribution in [-0.4, -0.2) is 16.0 Å². The minimum Gasteiger partial charge on any atom is -0.287 e. The maximum atomic E-state index is 12.4. The van der Waals surface area contributed by atoms with Crippen molar-refractivity contribution >= 4 is 17.1 Å². The lowest BCUT2D eigenvalue weighted by Crippen LogP contribution is -2.37. The van der Waals surface area contributed by atoms with Gasteiger partial charge in [0.15, 0.2) is 12.4 Å². The predicted molar refractivity (Wildman–Crippen MR) is 100 cm³/mol. The molecule has 0 radical (unpaired) electrons. The molecule has 1 N–H and O–H groups in total. The van der Waals surface area contributed by atoms with E-state index in [-0.39, 0.29) is 5.78 Å². The summed E-state index contributed by atoms with van der Waals surface area (Å²) in [6.07, 6.45) is 3.89. The fourth-order valence-electron chi connectivity index (χ4n) is 3.31. The van der Waals surface area contributed by atoms with Gasteiger partial charge < -0.3 is 0 Å². The summed E-state index contributed by atoms with van der Waals surface area (Å²) in [5.74, 6) is 0.500. The number of hydrogen-bond donors (Lipinski definition) is 1. The van der Waals surface area contributed by atoms with E-state index in [1.54, 1.807) is 11.3 Å². The van der Waals surface area contributed by atoms with Gasteiger partial charge in [-0.2, -0.15) is 9.67 Å². The Kier molecular flexibility index (Phi) is 3.53. The number of fused-ring (bicyclic) bond motifs is 1. The van der Waals surface area contributed by atoms with Crippen LogP contribution in [0, 0.1) is 0 Å². The Balaban J connectivity index is 1.36. The molecule has 3 aromatic heterocycles. The van der Waals surface area contributed by atoms with E-state index in [4.69, 9.17) is 0 Å². The molecule has 1 aliphatic rings. The van der Waals surface area contributed by atoms with Crippen LogP contribution in [0.5, 0.6) is 0 Å². The minimum absolute atomic E-state index is 0.0953. The molecule has 0 amide bonds. The van der Waals surface area contributed by atoms with Crippen molar-refractivity contribution in [2.45, 2.75) is 12.5 Å². The second-order valence-corrected chi connectivity index (χ2v) is 7.38. The molecule has 0 spiro atoms. The molecular weight excluding hydrogens is 342 g/mol. The third-order valence-corrected chi connectivity index (χ3v) is 5.70. The zero-order chi connectivity index (χ0) is 17.5. The molecule has 1 aromatic carbocycles. The summed E-state index contributed by atoms with van der Waals surface area (Å²) >= 11 is 1.80. The SMILES string of the molecule is O=C(C[n+]1cccc(-c2cc(C3c4ccsc43)[nH]n2)c1)c1ccccc1. The summed E-state index contributed by atoms with van der Waals surface area (Å²) in [5.41, 5.74) is 5.17. The number of rotatable bonds is 5. The van der Waals surface area contributed by atoms with Gasteiger partial charge in [-0.1, -0.05) is 30.3 Å². The smallest absolute Gasteiger partial charge is 0.227 e. The van der Waals surface area contributed by atoms with Gasteiger partial charge in [-0.05, 0) is 29.1 Å². The molecule has 5 rings (SSSR count). The summed E-state index contributed by atoms with van der Waals surface area (Å²) in [4.78, 5) is 13.8. The third-order valence-electron chi connectivity index (χ3n) is 4.70. The number of Topliss-reactive ketones (excluding diaryl/α,β-unsaturated/α-hetero) is 1. The standard InChI is InChI=1S/C21H16N3OS/c25-19(14-5-2-1-3-6-14)13-24-9-4-7-15(12-24)17-11-18(23-22-17)20-16-8-10-26-21(16)20/h1-12,20H,13H2,(H,22,23)/q+1. The van der Waals surface area contributed by atoms with Crippen molar-refractivity contribution in [3.05, 3.63) is 94.1 Å². The number of H-pyrrole nitrogens is 1. The van der Waals surface area contributed by atoms with Crippen LogP contribution >= 0.6 is 11.3 Å². The lowest BCUT2D eigenvalue weighted by Gasteiger charge is -1.99. The number of thiophene rings is 1. The van der Waals surface area contributed by atoms with Crippen LogP contribution in [0.1, 0.15) is 32.4 Å². The number of carbonyl (C=O) groups excluding carboxylic acids is 1. The van der Waals surface area contributed by atoms with Gasteiger partial charge in [0.1, 0.15) is 0 Å². The molecule has 0 aliphatic heterocycles. The Bertz CT molecular complexity index is 1080. The largest absolute Gasteiger partial charge is 0.287 e. The van der Waals surface area contributed by atoms with Crippen molar-refractivity contribution in [2.24, 2.45) is 0 Å². The molecule has 3 heterocycles. The molecule has 1 atom stereocenters. The Morgan fingerprint density at radius 3 is 2.85 bits per heavy atom. The Morgan fingerprint density at radius 2 is 2.04 bits per heavy atom. The summed E-state index contributed by atoms with van der Waals surface area (Å²) in [5, 5.41) is 9.76. The van der Waals surface area contributed by atoms with E-state index in [2.05, 4.69) is 27.7 Å². The van der Waals surface area contributed by atoms with Crippen LogP contribution in [0.25, 0.3) is 11.3 Å². The summed E-state index contributed by atoms with van der Waals surface area (Å²) in [6.45, 7) is 0.315. The molecule has 5 heteroatoms. The average molecular weight is 358 g/mol. The number of aromatic nitrogens is 3. The number of nitrogens with one attached hydrogen (secondary N) is 1. The normalized spacial score (nSPS) is 14.8. The molecule has 1 unspecified atom stereocenters. The van der Waals surface area contributed by atoms with Crippen molar-refractivity contribution < 1.29 is 9.36 Å². The lowest BCUT2D eigenvalue weighted by molar-refractivity contribution is -0.682.